The maximum absolute atomic E-state index is 15.4. The number of anilines is 1. The Bertz CT molecular complexity index is 1400. The molecule has 11 heteroatoms. The van der Waals surface area contributed by atoms with Crippen molar-refractivity contribution in [2.24, 2.45) is 5.92 Å². The molecular weight excluding hydrogens is 502 g/mol. The Kier molecular flexibility index (Phi) is 6.36. The number of rotatable bonds is 6. The number of carboxylic acid groups (broad SMARTS) is 1. The third-order valence-corrected chi connectivity index (χ3v) is 7.75. The van der Waals surface area contributed by atoms with Gasteiger partial charge in [0.2, 0.25) is 0 Å². The van der Waals surface area contributed by atoms with Gasteiger partial charge in [0.15, 0.2) is 5.65 Å². The molecule has 2 aliphatic rings. The molecule has 1 aliphatic carbocycles. The lowest BCUT2D eigenvalue weighted by Crippen LogP contribution is -2.41. The second kappa shape index (κ2) is 9.38. The van der Waals surface area contributed by atoms with Crippen LogP contribution in [0.2, 0.25) is 5.15 Å². The Morgan fingerprint density at radius 1 is 1.30 bits per heavy atom. The smallest absolute Gasteiger partial charge is 0.407 e. The average molecular weight is 527 g/mol. The summed E-state index contributed by atoms with van der Waals surface area (Å²) in [4.78, 5) is 25.2. The van der Waals surface area contributed by atoms with Gasteiger partial charge in [0.05, 0.1) is 16.9 Å². The second-order valence-corrected chi connectivity index (χ2v) is 10.1. The zero-order chi connectivity index (χ0) is 26.4. The number of carbonyl (C=O) groups is 1. The predicted octanol–water partition coefficient (Wildman–Crippen LogP) is 5.89. The topological polar surface area (TPSA) is 115 Å². The number of fused-ring (bicyclic) bond motifs is 1. The summed E-state index contributed by atoms with van der Waals surface area (Å²) in [5.41, 5.74) is 0.924. The number of aromatic nitrogens is 3. The maximum atomic E-state index is 15.4. The molecule has 1 aromatic carbocycles. The van der Waals surface area contributed by atoms with Crippen LogP contribution in [0, 0.1) is 17.2 Å². The van der Waals surface area contributed by atoms with Gasteiger partial charge in [-0.3, -0.25) is 0 Å². The van der Waals surface area contributed by atoms with E-state index in [1.54, 1.807) is 18.2 Å². The van der Waals surface area contributed by atoms with Crippen LogP contribution in [0.3, 0.4) is 0 Å². The van der Waals surface area contributed by atoms with Gasteiger partial charge in [-0.2, -0.15) is 5.26 Å². The fraction of sp³-hybridized carbons (Fsp3) is 0.423. The van der Waals surface area contributed by atoms with Gasteiger partial charge in [0.25, 0.3) is 5.92 Å². The van der Waals surface area contributed by atoms with Gasteiger partial charge in [-0.1, -0.05) is 29.8 Å². The summed E-state index contributed by atoms with van der Waals surface area (Å²) < 4.78 is 30.9. The first kappa shape index (κ1) is 25.1. The second-order valence-electron chi connectivity index (χ2n) is 9.77. The average Bonchev–Trinajstić information content (AvgIpc) is 3.69. The van der Waals surface area contributed by atoms with E-state index in [9.17, 15) is 10.1 Å². The molecule has 2 N–H and O–H groups in total. The predicted molar refractivity (Wildman–Crippen MR) is 134 cm³/mol. The summed E-state index contributed by atoms with van der Waals surface area (Å²) in [6, 6.07) is 10.0. The SMILES string of the molecule is C[C@@H](Nc1ncnc2nc(Cl)c(C3(C#N)CC3)cc12)c1cccc(C(F)(F)C2CCN(C(=O)O)CC2)c1. The molecule has 2 aromatic heterocycles. The highest BCUT2D eigenvalue weighted by Gasteiger charge is 2.47. The number of piperidine rings is 1. The van der Waals surface area contributed by atoms with Crippen LogP contribution in [0.25, 0.3) is 11.0 Å². The van der Waals surface area contributed by atoms with Crippen LogP contribution in [-0.2, 0) is 11.3 Å². The number of pyridine rings is 1. The van der Waals surface area contributed by atoms with Crippen LogP contribution < -0.4 is 5.32 Å². The fourth-order valence-electron chi connectivity index (χ4n) is 4.96. The maximum Gasteiger partial charge on any atom is 0.407 e. The summed E-state index contributed by atoms with van der Waals surface area (Å²) in [7, 11) is 0. The summed E-state index contributed by atoms with van der Waals surface area (Å²) in [5.74, 6) is -3.56. The Balaban J connectivity index is 1.39. The molecule has 192 valence electrons. The lowest BCUT2D eigenvalue weighted by Gasteiger charge is -2.35. The molecule has 1 amide bonds. The van der Waals surface area contributed by atoms with Crippen molar-refractivity contribution in [2.75, 3.05) is 18.4 Å². The number of alkyl halides is 2. The Hall–Kier alpha value is -3.58. The molecular formula is C26H25ClF2N6O2. The van der Waals surface area contributed by atoms with Crippen molar-refractivity contribution in [3.05, 3.63) is 58.5 Å². The third kappa shape index (κ3) is 4.64. The molecule has 1 atom stereocenters. The van der Waals surface area contributed by atoms with Crippen molar-refractivity contribution in [3.8, 4) is 6.07 Å². The first-order valence-electron chi connectivity index (χ1n) is 12.1. The first-order valence-corrected chi connectivity index (χ1v) is 12.5. The molecule has 1 aliphatic heterocycles. The lowest BCUT2D eigenvalue weighted by molar-refractivity contribution is -0.0836. The molecule has 3 heterocycles. The number of amides is 1. The number of nitriles is 1. The van der Waals surface area contributed by atoms with E-state index in [4.69, 9.17) is 16.7 Å². The van der Waals surface area contributed by atoms with Crippen molar-refractivity contribution < 1.29 is 18.7 Å². The third-order valence-electron chi connectivity index (χ3n) is 7.46. The molecule has 1 saturated carbocycles. The van der Waals surface area contributed by atoms with Crippen molar-refractivity contribution in [1.82, 2.24) is 19.9 Å². The van der Waals surface area contributed by atoms with Gasteiger partial charge in [-0.25, -0.2) is 28.5 Å². The largest absolute Gasteiger partial charge is 0.465 e. The van der Waals surface area contributed by atoms with E-state index in [0.717, 1.165) is 0 Å². The van der Waals surface area contributed by atoms with Crippen LogP contribution >= 0.6 is 11.6 Å². The Labute approximate surface area is 217 Å². The van der Waals surface area contributed by atoms with Crippen molar-refractivity contribution in [1.29, 1.82) is 5.26 Å². The minimum absolute atomic E-state index is 0.0969. The molecule has 0 bridgehead atoms. The van der Waals surface area contributed by atoms with Gasteiger partial charge in [-0.05, 0) is 50.3 Å². The number of halogens is 3. The quantitative estimate of drug-likeness (QED) is 0.385. The molecule has 5 rings (SSSR count). The summed E-state index contributed by atoms with van der Waals surface area (Å²) >= 11 is 6.36. The minimum atomic E-state index is -3.09. The van der Waals surface area contributed by atoms with Gasteiger partial charge < -0.3 is 15.3 Å². The number of hydrogen-bond acceptors (Lipinski definition) is 6. The number of nitrogens with zero attached hydrogens (tertiary/aromatic N) is 5. The molecule has 0 spiro atoms. The zero-order valence-corrected chi connectivity index (χ0v) is 20.8. The highest BCUT2D eigenvalue weighted by atomic mass is 35.5. The van der Waals surface area contributed by atoms with Gasteiger partial charge in [0, 0.05) is 36.2 Å². The van der Waals surface area contributed by atoms with E-state index in [1.807, 2.05) is 6.92 Å². The summed E-state index contributed by atoms with van der Waals surface area (Å²) in [6.07, 6.45) is 1.90. The lowest BCUT2D eigenvalue weighted by atomic mass is 9.85. The van der Waals surface area contributed by atoms with Gasteiger partial charge in [-0.15, -0.1) is 0 Å². The molecule has 3 aromatic rings. The fourth-order valence-corrected chi connectivity index (χ4v) is 5.27. The molecule has 0 radical (unpaired) electrons. The van der Waals surface area contributed by atoms with Crippen LogP contribution in [-0.4, -0.2) is 44.1 Å². The summed E-state index contributed by atoms with van der Waals surface area (Å²) in [6.45, 7) is 2.04. The molecule has 8 nitrogen and oxygen atoms in total. The van der Waals surface area contributed by atoms with Crippen molar-refractivity contribution >= 4 is 34.5 Å². The van der Waals surface area contributed by atoms with E-state index in [-0.39, 0.29) is 42.7 Å². The van der Waals surface area contributed by atoms with E-state index in [1.165, 1.54) is 23.4 Å². The van der Waals surface area contributed by atoms with Crippen LogP contribution in [0.4, 0.5) is 19.4 Å². The highest BCUT2D eigenvalue weighted by molar-refractivity contribution is 6.30. The molecule has 2 fully saturated rings. The van der Waals surface area contributed by atoms with Crippen LogP contribution in [0.15, 0.2) is 36.7 Å². The molecule has 0 unspecified atom stereocenters. The van der Waals surface area contributed by atoms with E-state index >= 15 is 8.78 Å². The van der Waals surface area contributed by atoms with E-state index in [0.29, 0.717) is 40.8 Å². The number of nitrogens with one attached hydrogen (secondary N) is 1. The summed E-state index contributed by atoms with van der Waals surface area (Å²) in [5, 5.41) is 22.9. The Morgan fingerprint density at radius 2 is 2.03 bits per heavy atom. The van der Waals surface area contributed by atoms with Gasteiger partial charge in [0.1, 0.15) is 17.3 Å². The van der Waals surface area contributed by atoms with E-state index in [2.05, 4.69) is 26.3 Å². The highest BCUT2D eigenvalue weighted by Crippen LogP contribution is 2.50. The molecule has 37 heavy (non-hydrogen) atoms. The molecule has 1 saturated heterocycles. The minimum Gasteiger partial charge on any atom is -0.465 e. The zero-order valence-electron chi connectivity index (χ0n) is 20.1. The standard InChI is InChI=1S/C26H25ClF2N6O2/c1-15(16-3-2-4-18(11-16)26(28,29)17-5-9-35(10-6-17)24(36)37)33-22-19-12-20(25(13-30)7-8-25)21(27)34-23(19)32-14-31-22/h2-4,11-12,14-15,17H,5-10H2,1H3,(H,36,37)(H,31,32,33,34)/t15-/m1/s1. The van der Waals surface area contributed by atoms with E-state index < -0.39 is 23.3 Å². The number of likely N-dealkylation sites (tertiary alicyclic amines) is 1. The Morgan fingerprint density at radius 3 is 2.68 bits per heavy atom. The van der Waals surface area contributed by atoms with Crippen molar-refractivity contribution in [3.63, 3.8) is 0 Å². The normalized spacial score (nSPS) is 18.3. The first-order chi connectivity index (χ1) is 17.6. The van der Waals surface area contributed by atoms with Gasteiger partial charge >= 0.3 is 6.09 Å². The van der Waals surface area contributed by atoms with Crippen molar-refractivity contribution in [2.45, 2.75) is 50.0 Å². The van der Waals surface area contributed by atoms with Crippen LogP contribution in [0.5, 0.6) is 0 Å². The number of hydrogen-bond donors (Lipinski definition) is 2. The monoisotopic (exact) mass is 526 g/mol. The van der Waals surface area contributed by atoms with Crippen LogP contribution in [0.1, 0.15) is 55.3 Å². The number of benzene rings is 1.